The van der Waals surface area contributed by atoms with E-state index < -0.39 is 4.92 Å². The zero-order valence-corrected chi connectivity index (χ0v) is 11.5. The summed E-state index contributed by atoms with van der Waals surface area (Å²) in [6, 6.07) is 8.35. The van der Waals surface area contributed by atoms with E-state index in [-0.39, 0.29) is 11.5 Å². The fourth-order valence-corrected chi connectivity index (χ4v) is 1.97. The van der Waals surface area contributed by atoms with Gasteiger partial charge in [-0.25, -0.2) is 4.39 Å². The maximum Gasteiger partial charge on any atom is 0.269 e. The fourth-order valence-electron chi connectivity index (χ4n) is 1.54. The van der Waals surface area contributed by atoms with Crippen molar-refractivity contribution in [2.45, 2.75) is 6.92 Å². The quantitative estimate of drug-likeness (QED) is 0.612. The van der Waals surface area contributed by atoms with Gasteiger partial charge in [0.05, 0.1) is 9.40 Å². The molecule has 0 spiro atoms. The van der Waals surface area contributed by atoms with Crippen LogP contribution in [0.4, 0.5) is 10.1 Å². The first-order valence-electron chi connectivity index (χ1n) is 5.35. The summed E-state index contributed by atoms with van der Waals surface area (Å²) in [6.45, 7) is 1.71. The van der Waals surface area contributed by atoms with Crippen molar-refractivity contribution in [1.29, 1.82) is 0 Å². The van der Waals surface area contributed by atoms with Crippen LogP contribution in [0, 0.1) is 22.9 Å². The van der Waals surface area contributed by atoms with Gasteiger partial charge in [-0.1, -0.05) is 0 Å². The largest absolute Gasteiger partial charge is 0.456 e. The van der Waals surface area contributed by atoms with Crippen LogP contribution in [0.1, 0.15) is 5.56 Å². The minimum absolute atomic E-state index is 0.00280. The normalized spacial score (nSPS) is 10.3. The molecule has 98 valence electrons. The van der Waals surface area contributed by atoms with Crippen molar-refractivity contribution < 1.29 is 14.1 Å². The summed E-state index contributed by atoms with van der Waals surface area (Å²) in [4.78, 5) is 10.2. The third kappa shape index (κ3) is 3.08. The molecule has 2 aromatic rings. The van der Waals surface area contributed by atoms with Crippen molar-refractivity contribution in [3.63, 3.8) is 0 Å². The highest BCUT2D eigenvalue weighted by molar-refractivity contribution is 9.10. The Morgan fingerprint density at radius 2 is 1.89 bits per heavy atom. The maximum absolute atomic E-state index is 12.9. The number of nitro benzene ring substituents is 1. The SMILES string of the molecule is Cc1cc([N+](=O)[O-])ccc1Oc1ccc(F)cc1Br. The molecule has 0 aliphatic heterocycles. The van der Waals surface area contributed by atoms with Gasteiger partial charge in [0.15, 0.2) is 0 Å². The van der Waals surface area contributed by atoms with Crippen LogP contribution in [0.3, 0.4) is 0 Å². The van der Waals surface area contributed by atoms with Gasteiger partial charge in [0.1, 0.15) is 17.3 Å². The number of aryl methyl sites for hydroxylation is 1. The van der Waals surface area contributed by atoms with Crippen molar-refractivity contribution in [3.8, 4) is 11.5 Å². The van der Waals surface area contributed by atoms with E-state index in [9.17, 15) is 14.5 Å². The Hall–Kier alpha value is -1.95. The molecule has 2 rings (SSSR count). The lowest BCUT2D eigenvalue weighted by Gasteiger charge is -2.10. The van der Waals surface area contributed by atoms with Crippen LogP contribution >= 0.6 is 15.9 Å². The maximum atomic E-state index is 12.9. The topological polar surface area (TPSA) is 52.4 Å². The summed E-state index contributed by atoms with van der Waals surface area (Å²) in [5.41, 5.74) is 0.633. The van der Waals surface area contributed by atoms with Crippen molar-refractivity contribution >= 4 is 21.6 Å². The molecule has 6 heteroatoms. The Kier molecular flexibility index (Phi) is 3.80. The van der Waals surface area contributed by atoms with Crippen LogP contribution in [0.2, 0.25) is 0 Å². The molecule has 0 amide bonds. The Morgan fingerprint density at radius 3 is 2.47 bits per heavy atom. The molecular weight excluding hydrogens is 317 g/mol. The molecule has 0 saturated heterocycles. The van der Waals surface area contributed by atoms with Crippen LogP contribution in [0.15, 0.2) is 40.9 Å². The Balaban J connectivity index is 2.31. The van der Waals surface area contributed by atoms with E-state index in [0.717, 1.165) is 0 Å². The first-order chi connectivity index (χ1) is 8.97. The molecule has 0 saturated carbocycles. The highest BCUT2D eigenvalue weighted by atomic mass is 79.9. The standard InChI is InChI=1S/C13H9BrFNO3/c1-8-6-10(16(17)18)3-5-12(8)19-13-4-2-9(15)7-11(13)14/h2-7H,1H3. The van der Waals surface area contributed by atoms with E-state index >= 15 is 0 Å². The van der Waals surface area contributed by atoms with Gasteiger partial charge >= 0.3 is 0 Å². The highest BCUT2D eigenvalue weighted by Crippen LogP contribution is 2.33. The lowest BCUT2D eigenvalue weighted by atomic mass is 10.2. The summed E-state index contributed by atoms with van der Waals surface area (Å²) in [7, 11) is 0. The Morgan fingerprint density at radius 1 is 1.21 bits per heavy atom. The van der Waals surface area contributed by atoms with Gasteiger partial charge in [0.25, 0.3) is 5.69 Å². The second-order valence-electron chi connectivity index (χ2n) is 3.88. The number of ether oxygens (including phenoxy) is 1. The second kappa shape index (κ2) is 5.36. The average molecular weight is 326 g/mol. The van der Waals surface area contributed by atoms with Gasteiger partial charge in [0.2, 0.25) is 0 Å². The zero-order chi connectivity index (χ0) is 14.0. The molecular formula is C13H9BrFNO3. The van der Waals surface area contributed by atoms with Crippen LogP contribution in [-0.2, 0) is 0 Å². The van der Waals surface area contributed by atoms with Crippen LogP contribution < -0.4 is 4.74 Å². The summed E-state index contributed by atoms with van der Waals surface area (Å²) in [6.07, 6.45) is 0. The number of halogens is 2. The summed E-state index contributed by atoms with van der Waals surface area (Å²) in [5.74, 6) is 0.552. The Bertz CT molecular complexity index is 646. The van der Waals surface area contributed by atoms with E-state index in [1.165, 1.54) is 36.4 Å². The van der Waals surface area contributed by atoms with Crippen LogP contribution in [0.25, 0.3) is 0 Å². The van der Waals surface area contributed by atoms with Crippen LogP contribution in [-0.4, -0.2) is 4.92 Å². The van der Waals surface area contributed by atoms with Crippen molar-refractivity contribution in [1.82, 2.24) is 0 Å². The molecule has 0 aliphatic rings. The molecule has 0 N–H and O–H groups in total. The minimum atomic E-state index is -0.468. The van der Waals surface area contributed by atoms with Gasteiger partial charge in [-0.3, -0.25) is 10.1 Å². The summed E-state index contributed by atoms with van der Waals surface area (Å²) in [5, 5.41) is 10.6. The number of hydrogen-bond donors (Lipinski definition) is 0. The number of nitrogens with zero attached hydrogens (tertiary/aromatic N) is 1. The van der Waals surface area contributed by atoms with Gasteiger partial charge in [-0.2, -0.15) is 0 Å². The van der Waals surface area contributed by atoms with E-state index in [4.69, 9.17) is 4.74 Å². The first-order valence-corrected chi connectivity index (χ1v) is 6.14. The van der Waals surface area contributed by atoms with Crippen molar-refractivity contribution in [3.05, 3.63) is 62.4 Å². The second-order valence-corrected chi connectivity index (χ2v) is 4.74. The van der Waals surface area contributed by atoms with E-state index in [2.05, 4.69) is 15.9 Å². The van der Waals surface area contributed by atoms with Gasteiger partial charge in [0, 0.05) is 12.1 Å². The number of nitro groups is 1. The minimum Gasteiger partial charge on any atom is -0.456 e. The predicted octanol–water partition coefficient (Wildman–Crippen LogP) is 4.60. The van der Waals surface area contributed by atoms with Crippen LogP contribution in [0.5, 0.6) is 11.5 Å². The molecule has 0 fully saturated rings. The lowest BCUT2D eigenvalue weighted by molar-refractivity contribution is -0.384. The fraction of sp³-hybridized carbons (Fsp3) is 0.0769. The average Bonchev–Trinajstić information content (AvgIpc) is 2.34. The molecule has 0 aliphatic carbocycles. The molecule has 2 aromatic carbocycles. The molecule has 19 heavy (non-hydrogen) atoms. The smallest absolute Gasteiger partial charge is 0.269 e. The van der Waals surface area contributed by atoms with E-state index in [1.54, 1.807) is 6.92 Å². The monoisotopic (exact) mass is 325 g/mol. The molecule has 4 nitrogen and oxygen atoms in total. The third-order valence-corrected chi connectivity index (χ3v) is 3.10. The van der Waals surface area contributed by atoms with Crippen molar-refractivity contribution in [2.24, 2.45) is 0 Å². The third-order valence-electron chi connectivity index (χ3n) is 2.48. The highest BCUT2D eigenvalue weighted by Gasteiger charge is 2.11. The van der Waals surface area contributed by atoms with Gasteiger partial charge < -0.3 is 4.74 Å². The first kappa shape index (κ1) is 13.5. The summed E-state index contributed by atoms with van der Waals surface area (Å²) < 4.78 is 19.0. The van der Waals surface area contributed by atoms with Crippen molar-refractivity contribution in [2.75, 3.05) is 0 Å². The number of hydrogen-bond acceptors (Lipinski definition) is 3. The zero-order valence-electron chi connectivity index (χ0n) is 9.89. The molecule has 0 heterocycles. The molecule has 0 aromatic heterocycles. The van der Waals surface area contributed by atoms with E-state index in [1.807, 2.05) is 0 Å². The van der Waals surface area contributed by atoms with Gasteiger partial charge in [-0.05, 0) is 52.7 Å². The number of benzene rings is 2. The van der Waals surface area contributed by atoms with Gasteiger partial charge in [-0.15, -0.1) is 0 Å². The Labute approximate surface area is 117 Å². The number of rotatable bonds is 3. The molecule has 0 atom stereocenters. The lowest BCUT2D eigenvalue weighted by Crippen LogP contribution is -1.92. The molecule has 0 unspecified atom stereocenters. The predicted molar refractivity (Wildman–Crippen MR) is 72.0 cm³/mol. The van der Waals surface area contributed by atoms with E-state index in [0.29, 0.717) is 21.5 Å². The number of non-ortho nitro benzene ring substituents is 1. The molecule has 0 bridgehead atoms. The summed E-state index contributed by atoms with van der Waals surface area (Å²) >= 11 is 3.19. The molecule has 0 radical (unpaired) electrons.